The Morgan fingerprint density at radius 1 is 1.53 bits per heavy atom. The molecule has 0 bridgehead atoms. The average Bonchev–Trinajstić information content (AvgIpc) is 2.64. The topological polar surface area (TPSA) is 61.4 Å². The van der Waals surface area contributed by atoms with Gasteiger partial charge in [0, 0.05) is 13.0 Å². The maximum Gasteiger partial charge on any atom is 0.315 e. The average molecular weight is 232 g/mol. The lowest BCUT2D eigenvalue weighted by atomic mass is 10.1. The van der Waals surface area contributed by atoms with E-state index in [1.165, 1.54) is 0 Å². The Morgan fingerprint density at radius 3 is 3.06 bits per heavy atom. The highest BCUT2D eigenvalue weighted by Crippen LogP contribution is 2.30. The summed E-state index contributed by atoms with van der Waals surface area (Å²) in [4.78, 5) is 11.5. The van der Waals surface area contributed by atoms with Crippen molar-refractivity contribution in [3.8, 4) is 0 Å². The lowest BCUT2D eigenvalue weighted by Gasteiger charge is -2.17. The van der Waals surface area contributed by atoms with Gasteiger partial charge in [0.1, 0.15) is 0 Å². The van der Waals surface area contributed by atoms with E-state index in [9.17, 15) is 9.90 Å². The second kappa shape index (κ2) is 5.01. The quantitative estimate of drug-likeness (QED) is 0.684. The molecule has 0 aliphatic heterocycles. The first-order valence-corrected chi connectivity index (χ1v) is 5.63. The van der Waals surface area contributed by atoms with E-state index in [-0.39, 0.29) is 12.1 Å². The van der Waals surface area contributed by atoms with Crippen molar-refractivity contribution < 1.29 is 9.90 Å². The molecule has 0 saturated carbocycles. The Hall–Kier alpha value is -1.81. The lowest BCUT2D eigenvalue weighted by molar-refractivity contribution is 0.142. The molecule has 0 heterocycles. The van der Waals surface area contributed by atoms with Gasteiger partial charge in [0.05, 0.1) is 12.1 Å². The van der Waals surface area contributed by atoms with Gasteiger partial charge in [-0.15, -0.1) is 6.58 Å². The van der Waals surface area contributed by atoms with Gasteiger partial charge in [-0.1, -0.05) is 30.3 Å². The molecule has 90 valence electrons. The van der Waals surface area contributed by atoms with Crippen LogP contribution in [0.4, 0.5) is 4.79 Å². The van der Waals surface area contributed by atoms with Crippen LogP contribution in [0.5, 0.6) is 0 Å². The molecule has 0 spiro atoms. The summed E-state index contributed by atoms with van der Waals surface area (Å²) in [6.45, 7) is 3.94. The molecule has 3 N–H and O–H groups in total. The van der Waals surface area contributed by atoms with Crippen LogP contribution in [0.2, 0.25) is 0 Å². The molecule has 0 fully saturated rings. The van der Waals surface area contributed by atoms with Crippen molar-refractivity contribution >= 4 is 6.03 Å². The highest BCUT2D eigenvalue weighted by Gasteiger charge is 2.31. The number of urea groups is 1. The van der Waals surface area contributed by atoms with E-state index >= 15 is 0 Å². The molecule has 1 aliphatic rings. The van der Waals surface area contributed by atoms with Gasteiger partial charge in [0.15, 0.2) is 0 Å². The molecular formula is C13H16N2O2. The normalized spacial score (nSPS) is 21.7. The molecule has 17 heavy (non-hydrogen) atoms. The Labute approximate surface area is 100 Å². The lowest BCUT2D eigenvalue weighted by Crippen LogP contribution is -2.40. The van der Waals surface area contributed by atoms with Gasteiger partial charge in [-0.2, -0.15) is 0 Å². The number of hydrogen-bond donors (Lipinski definition) is 3. The third kappa shape index (κ3) is 2.47. The van der Waals surface area contributed by atoms with Gasteiger partial charge < -0.3 is 15.7 Å². The summed E-state index contributed by atoms with van der Waals surface area (Å²) in [5.74, 6) is 0. The number of benzene rings is 1. The summed E-state index contributed by atoms with van der Waals surface area (Å²) >= 11 is 0. The number of aliphatic hydroxyl groups excluding tert-OH is 1. The summed E-state index contributed by atoms with van der Waals surface area (Å²) in [7, 11) is 0. The van der Waals surface area contributed by atoms with Gasteiger partial charge in [0.2, 0.25) is 0 Å². The smallest absolute Gasteiger partial charge is 0.315 e. The molecule has 4 heteroatoms. The first-order valence-electron chi connectivity index (χ1n) is 5.63. The van der Waals surface area contributed by atoms with E-state index in [1.807, 2.05) is 24.3 Å². The van der Waals surface area contributed by atoms with Crippen LogP contribution in [0.15, 0.2) is 36.9 Å². The molecule has 2 atom stereocenters. The highest BCUT2D eigenvalue weighted by molar-refractivity contribution is 5.75. The fraction of sp³-hybridized carbons (Fsp3) is 0.308. The summed E-state index contributed by atoms with van der Waals surface area (Å²) < 4.78 is 0. The first kappa shape index (κ1) is 11.7. The summed E-state index contributed by atoms with van der Waals surface area (Å²) in [5, 5.41) is 15.3. The number of fused-ring (bicyclic) bond motifs is 1. The van der Waals surface area contributed by atoms with E-state index < -0.39 is 6.10 Å². The molecule has 2 rings (SSSR count). The molecule has 0 saturated heterocycles. The maximum absolute atomic E-state index is 11.5. The number of nitrogens with one attached hydrogen (secondary N) is 2. The van der Waals surface area contributed by atoms with Crippen LogP contribution in [0.3, 0.4) is 0 Å². The van der Waals surface area contributed by atoms with E-state index in [0.717, 1.165) is 11.1 Å². The van der Waals surface area contributed by atoms with E-state index in [2.05, 4.69) is 17.2 Å². The van der Waals surface area contributed by atoms with Crippen LogP contribution in [-0.2, 0) is 6.42 Å². The number of carbonyl (C=O) groups excluding carboxylic acids is 1. The Kier molecular flexibility index (Phi) is 3.44. The largest absolute Gasteiger partial charge is 0.390 e. The number of carbonyl (C=O) groups is 1. The number of amides is 2. The van der Waals surface area contributed by atoms with Gasteiger partial charge in [-0.3, -0.25) is 0 Å². The monoisotopic (exact) mass is 232 g/mol. The maximum atomic E-state index is 11.5. The van der Waals surface area contributed by atoms with E-state index in [0.29, 0.717) is 13.0 Å². The highest BCUT2D eigenvalue weighted by atomic mass is 16.3. The van der Waals surface area contributed by atoms with Crippen molar-refractivity contribution in [2.45, 2.75) is 18.6 Å². The fourth-order valence-corrected chi connectivity index (χ4v) is 2.11. The Bertz CT molecular complexity index is 431. The van der Waals surface area contributed by atoms with Gasteiger partial charge in [0.25, 0.3) is 0 Å². The molecule has 2 amide bonds. The zero-order chi connectivity index (χ0) is 12.3. The number of hydrogen-bond acceptors (Lipinski definition) is 2. The molecule has 0 radical (unpaired) electrons. The van der Waals surface area contributed by atoms with Crippen molar-refractivity contribution in [2.75, 3.05) is 6.54 Å². The van der Waals surface area contributed by atoms with Crippen LogP contribution < -0.4 is 10.6 Å². The fourth-order valence-electron chi connectivity index (χ4n) is 2.11. The minimum absolute atomic E-state index is 0.286. The van der Waals surface area contributed by atoms with Crippen molar-refractivity contribution in [3.63, 3.8) is 0 Å². The zero-order valence-corrected chi connectivity index (χ0v) is 9.52. The Balaban J connectivity index is 2.06. The number of aliphatic hydroxyl groups is 1. The molecule has 2 unspecified atom stereocenters. The van der Waals surface area contributed by atoms with E-state index in [1.54, 1.807) is 6.08 Å². The molecule has 0 aromatic heterocycles. The van der Waals surface area contributed by atoms with Crippen molar-refractivity contribution in [1.29, 1.82) is 0 Å². The van der Waals surface area contributed by atoms with Crippen molar-refractivity contribution in [3.05, 3.63) is 48.0 Å². The third-order valence-electron chi connectivity index (χ3n) is 2.90. The molecule has 1 aromatic carbocycles. The van der Waals surface area contributed by atoms with Crippen LogP contribution in [0.25, 0.3) is 0 Å². The molecular weight excluding hydrogens is 216 g/mol. The van der Waals surface area contributed by atoms with E-state index in [4.69, 9.17) is 0 Å². The molecule has 4 nitrogen and oxygen atoms in total. The van der Waals surface area contributed by atoms with Gasteiger partial charge in [-0.25, -0.2) is 4.79 Å². The predicted molar refractivity (Wildman–Crippen MR) is 65.6 cm³/mol. The molecule has 1 aliphatic carbocycles. The summed E-state index contributed by atoms with van der Waals surface area (Å²) in [6.07, 6.45) is 1.64. The summed E-state index contributed by atoms with van der Waals surface area (Å²) in [6, 6.07) is 7.15. The second-order valence-electron chi connectivity index (χ2n) is 4.09. The second-order valence-corrected chi connectivity index (χ2v) is 4.09. The minimum atomic E-state index is -0.554. The standard InChI is InChI=1S/C13H16N2O2/c1-2-7-14-13(17)15-12-10-6-4-3-5-9(10)8-11(12)16/h2-6,11-12,16H,1,7-8H2,(H2,14,15,17). The predicted octanol–water partition coefficient (Wildman–Crippen LogP) is 1.13. The summed E-state index contributed by atoms with van der Waals surface area (Å²) in [5.41, 5.74) is 2.09. The van der Waals surface area contributed by atoms with Crippen molar-refractivity contribution in [2.24, 2.45) is 0 Å². The first-order chi connectivity index (χ1) is 8.22. The van der Waals surface area contributed by atoms with Crippen LogP contribution in [-0.4, -0.2) is 23.8 Å². The van der Waals surface area contributed by atoms with Gasteiger partial charge in [-0.05, 0) is 11.1 Å². The van der Waals surface area contributed by atoms with Crippen LogP contribution >= 0.6 is 0 Å². The van der Waals surface area contributed by atoms with Crippen molar-refractivity contribution in [1.82, 2.24) is 10.6 Å². The Morgan fingerprint density at radius 2 is 2.29 bits per heavy atom. The SMILES string of the molecule is C=CCNC(=O)NC1c2ccccc2CC1O. The zero-order valence-electron chi connectivity index (χ0n) is 9.52. The van der Waals surface area contributed by atoms with Gasteiger partial charge >= 0.3 is 6.03 Å². The van der Waals surface area contributed by atoms with Crippen LogP contribution in [0.1, 0.15) is 17.2 Å². The third-order valence-corrected chi connectivity index (χ3v) is 2.90. The minimum Gasteiger partial charge on any atom is -0.390 e. The van der Waals surface area contributed by atoms with Crippen LogP contribution in [0, 0.1) is 0 Å². The number of rotatable bonds is 3. The molecule has 1 aromatic rings.